The van der Waals surface area contributed by atoms with Crippen molar-refractivity contribution in [3.05, 3.63) is 69.8 Å². The highest BCUT2D eigenvalue weighted by Crippen LogP contribution is 2.37. The van der Waals surface area contributed by atoms with Crippen molar-refractivity contribution < 1.29 is 28.3 Å². The lowest BCUT2D eigenvalue weighted by Gasteiger charge is -2.20. The number of nitrogens with one attached hydrogen (secondary N) is 2. The number of furan rings is 1. The minimum absolute atomic E-state index is 0.0136. The maximum Gasteiger partial charge on any atom is 0.340 e. The van der Waals surface area contributed by atoms with Crippen LogP contribution in [-0.4, -0.2) is 30.5 Å². The van der Waals surface area contributed by atoms with Crippen LogP contribution in [0.25, 0.3) is 33.1 Å². The van der Waals surface area contributed by atoms with Crippen LogP contribution in [0, 0.1) is 13.8 Å². The number of rotatable bonds is 9. The van der Waals surface area contributed by atoms with Gasteiger partial charge in [-0.1, -0.05) is 30.3 Å². The molecule has 2 heterocycles. The molecule has 1 atom stereocenters. The van der Waals surface area contributed by atoms with E-state index in [0.29, 0.717) is 22.1 Å². The van der Waals surface area contributed by atoms with Gasteiger partial charge in [-0.3, -0.25) is 4.79 Å². The Labute approximate surface area is 211 Å². The van der Waals surface area contributed by atoms with Crippen LogP contribution in [0.3, 0.4) is 0 Å². The molecule has 0 aliphatic heterocycles. The van der Waals surface area contributed by atoms with E-state index in [1.165, 1.54) is 0 Å². The van der Waals surface area contributed by atoms with E-state index >= 15 is 0 Å². The summed E-state index contributed by atoms with van der Waals surface area (Å²) in [6.07, 6.45) is -0.107. The van der Waals surface area contributed by atoms with Crippen LogP contribution in [-0.2, 0) is 16.0 Å². The fraction of sp³-hybridized carbons (Fsp3) is 0.259. The Bertz CT molecular complexity index is 1550. The summed E-state index contributed by atoms with van der Waals surface area (Å²) in [6, 6.07) is 11.3. The third-order valence-electron chi connectivity index (χ3n) is 6.26. The number of aliphatic carboxylic acids is 1. The van der Waals surface area contributed by atoms with Crippen LogP contribution in [0.4, 0.5) is 4.79 Å². The minimum Gasteiger partial charge on any atom is -0.548 e. The van der Waals surface area contributed by atoms with Gasteiger partial charge in [0.25, 0.3) is 0 Å². The Balaban J connectivity index is 1.63. The molecule has 0 saturated carbocycles. The van der Waals surface area contributed by atoms with E-state index in [2.05, 4.69) is 10.6 Å². The molecule has 0 fully saturated rings. The van der Waals surface area contributed by atoms with E-state index in [0.717, 1.165) is 22.3 Å². The molecule has 0 unspecified atom stereocenters. The van der Waals surface area contributed by atoms with Crippen LogP contribution in [0.5, 0.6) is 0 Å². The first-order valence-corrected chi connectivity index (χ1v) is 11.7. The van der Waals surface area contributed by atoms with Crippen molar-refractivity contribution in [2.45, 2.75) is 39.2 Å². The third kappa shape index (κ3) is 5.48. The predicted octanol–water partition coefficient (Wildman–Crippen LogP) is 2.05. The topological polar surface area (TPSA) is 168 Å². The summed E-state index contributed by atoms with van der Waals surface area (Å²) in [5, 5.41) is 17.7. The van der Waals surface area contributed by atoms with Crippen LogP contribution in [0.1, 0.15) is 29.7 Å². The molecule has 0 saturated heterocycles. The van der Waals surface area contributed by atoms with Gasteiger partial charge in [0.2, 0.25) is 5.91 Å². The first-order chi connectivity index (χ1) is 17.7. The standard InChI is InChI=1S/C27H27N3O7/c1-14-17-11-19-22(36-15(2)24(19)16-7-4-3-5-8-16)13-21(17)37-26(34)18(14)12-23(31)30-20(25(32)33)9-6-10-29-27(28)35/h3-5,7-8,11,13,20H,6,9-10,12H2,1-2H3,(H,30,31)(H,32,33)(H3,28,29,35)/p-1/t20-/m0/s1. The van der Waals surface area contributed by atoms with Gasteiger partial charge in [-0.25, -0.2) is 9.59 Å². The Morgan fingerprint density at radius 2 is 1.73 bits per heavy atom. The molecule has 37 heavy (non-hydrogen) atoms. The molecule has 0 radical (unpaired) electrons. The van der Waals surface area contributed by atoms with Crippen molar-refractivity contribution >= 4 is 39.8 Å². The molecule has 10 heteroatoms. The summed E-state index contributed by atoms with van der Waals surface area (Å²) in [5.41, 5.74) is 7.75. The number of hydrogen-bond donors (Lipinski definition) is 3. The van der Waals surface area contributed by atoms with Crippen molar-refractivity contribution in [2.24, 2.45) is 5.73 Å². The number of carboxylic acid groups (broad SMARTS) is 1. The number of carboxylic acids is 1. The van der Waals surface area contributed by atoms with Gasteiger partial charge in [0.05, 0.1) is 24.0 Å². The van der Waals surface area contributed by atoms with Crippen molar-refractivity contribution in [2.75, 3.05) is 6.54 Å². The number of carbonyl (C=O) groups is 3. The lowest BCUT2D eigenvalue weighted by atomic mass is 9.98. The maximum absolute atomic E-state index is 12.8. The zero-order valence-corrected chi connectivity index (χ0v) is 20.4. The Morgan fingerprint density at radius 3 is 2.41 bits per heavy atom. The van der Waals surface area contributed by atoms with E-state index in [-0.39, 0.29) is 31.4 Å². The van der Waals surface area contributed by atoms with E-state index < -0.39 is 29.6 Å². The predicted molar refractivity (Wildman–Crippen MR) is 135 cm³/mol. The van der Waals surface area contributed by atoms with Gasteiger partial charge in [-0.2, -0.15) is 0 Å². The number of nitrogens with two attached hydrogens (primary N) is 1. The first kappa shape index (κ1) is 25.5. The molecule has 4 N–H and O–H groups in total. The molecule has 4 aromatic rings. The average molecular weight is 505 g/mol. The molecule has 0 bridgehead atoms. The van der Waals surface area contributed by atoms with Crippen LogP contribution >= 0.6 is 0 Å². The van der Waals surface area contributed by atoms with Crippen LogP contribution in [0.2, 0.25) is 0 Å². The number of aryl methyl sites for hydroxylation is 2. The van der Waals surface area contributed by atoms with E-state index in [9.17, 15) is 24.3 Å². The third-order valence-corrected chi connectivity index (χ3v) is 6.26. The molecule has 2 aromatic carbocycles. The van der Waals surface area contributed by atoms with Crippen molar-refractivity contribution in [1.29, 1.82) is 0 Å². The number of benzene rings is 2. The molecule has 4 rings (SSSR count). The van der Waals surface area contributed by atoms with Gasteiger partial charge < -0.3 is 35.1 Å². The number of hydrogen-bond acceptors (Lipinski definition) is 7. The summed E-state index contributed by atoms with van der Waals surface area (Å²) < 4.78 is 11.5. The lowest BCUT2D eigenvalue weighted by molar-refractivity contribution is -0.308. The van der Waals surface area contributed by atoms with Gasteiger partial charge in [-0.05, 0) is 43.9 Å². The molecule has 0 aliphatic carbocycles. The molecular formula is C27H26N3O7-. The van der Waals surface area contributed by atoms with Crippen molar-refractivity contribution in [3.63, 3.8) is 0 Å². The van der Waals surface area contributed by atoms with Gasteiger partial charge in [0.15, 0.2) is 0 Å². The smallest absolute Gasteiger partial charge is 0.340 e. The zero-order valence-electron chi connectivity index (χ0n) is 20.4. The monoisotopic (exact) mass is 504 g/mol. The van der Waals surface area contributed by atoms with Gasteiger partial charge in [-0.15, -0.1) is 0 Å². The average Bonchev–Trinajstić information content (AvgIpc) is 3.17. The number of fused-ring (bicyclic) bond motifs is 2. The number of carbonyl (C=O) groups excluding carboxylic acids is 3. The van der Waals surface area contributed by atoms with E-state index in [1.807, 2.05) is 43.3 Å². The molecule has 0 aliphatic rings. The van der Waals surface area contributed by atoms with Gasteiger partial charge in [0.1, 0.15) is 16.9 Å². The molecule has 10 nitrogen and oxygen atoms in total. The highest BCUT2D eigenvalue weighted by atomic mass is 16.4. The number of amides is 3. The largest absolute Gasteiger partial charge is 0.548 e. The summed E-state index contributed by atoms with van der Waals surface area (Å²) in [4.78, 5) is 47.7. The fourth-order valence-corrected chi connectivity index (χ4v) is 4.44. The summed E-state index contributed by atoms with van der Waals surface area (Å²) in [7, 11) is 0. The fourth-order valence-electron chi connectivity index (χ4n) is 4.44. The van der Waals surface area contributed by atoms with E-state index in [1.54, 1.807) is 13.0 Å². The maximum atomic E-state index is 12.8. The zero-order chi connectivity index (χ0) is 26.7. The van der Waals surface area contributed by atoms with Gasteiger partial charge >= 0.3 is 11.7 Å². The Hall–Kier alpha value is -4.60. The molecule has 0 spiro atoms. The summed E-state index contributed by atoms with van der Waals surface area (Å²) in [6.45, 7) is 3.73. The normalized spacial score (nSPS) is 11.9. The van der Waals surface area contributed by atoms with Crippen LogP contribution < -0.4 is 27.1 Å². The number of urea groups is 1. The highest BCUT2D eigenvalue weighted by molar-refractivity contribution is 6.03. The van der Waals surface area contributed by atoms with Gasteiger partial charge in [0, 0.05) is 28.9 Å². The van der Waals surface area contributed by atoms with E-state index in [4.69, 9.17) is 14.6 Å². The summed E-state index contributed by atoms with van der Waals surface area (Å²) >= 11 is 0. The second-order valence-corrected chi connectivity index (χ2v) is 8.79. The second kappa shape index (κ2) is 10.6. The SMILES string of the molecule is Cc1oc2cc3oc(=O)c(CC(=O)N[C@@H](CCCNC(N)=O)C(=O)[O-])c(C)c3cc2c1-c1ccccc1. The van der Waals surface area contributed by atoms with Crippen LogP contribution in [0.15, 0.2) is 56.1 Å². The summed E-state index contributed by atoms with van der Waals surface area (Å²) in [5.74, 6) is -1.42. The first-order valence-electron chi connectivity index (χ1n) is 11.7. The number of primary amides is 1. The molecule has 2 aromatic heterocycles. The molecular weight excluding hydrogens is 478 g/mol. The Morgan fingerprint density at radius 1 is 1.03 bits per heavy atom. The lowest BCUT2D eigenvalue weighted by Crippen LogP contribution is -2.48. The molecule has 3 amide bonds. The minimum atomic E-state index is -1.47. The quantitative estimate of drug-likeness (QED) is 0.231. The molecule has 192 valence electrons. The Kier molecular flexibility index (Phi) is 7.28. The second-order valence-electron chi connectivity index (χ2n) is 8.79. The van der Waals surface area contributed by atoms with Crippen molar-refractivity contribution in [1.82, 2.24) is 10.6 Å². The van der Waals surface area contributed by atoms with Crippen molar-refractivity contribution in [3.8, 4) is 11.1 Å². The highest BCUT2D eigenvalue weighted by Gasteiger charge is 2.21.